The summed E-state index contributed by atoms with van der Waals surface area (Å²) in [5, 5.41) is 0. The van der Waals surface area contributed by atoms with Crippen molar-refractivity contribution < 1.29 is 0 Å². The summed E-state index contributed by atoms with van der Waals surface area (Å²) >= 11 is 0. The van der Waals surface area contributed by atoms with E-state index in [0.717, 1.165) is 25.1 Å². The van der Waals surface area contributed by atoms with Gasteiger partial charge in [-0.3, -0.25) is 14.8 Å². The van der Waals surface area contributed by atoms with E-state index in [1.54, 1.807) is 0 Å². The van der Waals surface area contributed by atoms with Crippen molar-refractivity contribution in [2.24, 2.45) is 5.73 Å². The molecule has 5 N–H and O–H groups in total. The highest BCUT2D eigenvalue weighted by atomic mass is 16.2. The predicted octanol–water partition coefficient (Wildman–Crippen LogP) is -0.466. The summed E-state index contributed by atoms with van der Waals surface area (Å²) < 4.78 is 0. The molecule has 0 bridgehead atoms. The van der Waals surface area contributed by atoms with Crippen LogP contribution in [0.2, 0.25) is 0 Å². The van der Waals surface area contributed by atoms with Gasteiger partial charge in [0, 0.05) is 12.0 Å². The molecule has 2 aromatic heterocycles. The molecular formula is C10H13N5O2. The van der Waals surface area contributed by atoms with E-state index in [9.17, 15) is 9.59 Å². The van der Waals surface area contributed by atoms with Gasteiger partial charge in [0.2, 0.25) is 0 Å². The van der Waals surface area contributed by atoms with E-state index in [-0.39, 0.29) is 12.0 Å². The fourth-order valence-electron chi connectivity index (χ4n) is 2.41. The average Bonchev–Trinajstić information content (AvgIpc) is 2.83. The van der Waals surface area contributed by atoms with Crippen molar-refractivity contribution in [1.82, 2.24) is 19.9 Å². The molecule has 17 heavy (non-hydrogen) atoms. The molecule has 1 saturated carbocycles. The minimum Gasteiger partial charge on any atom is -0.336 e. The quantitative estimate of drug-likeness (QED) is 0.534. The molecule has 0 aromatic carbocycles. The van der Waals surface area contributed by atoms with E-state index in [2.05, 4.69) is 19.9 Å². The minimum absolute atomic E-state index is 0.200. The van der Waals surface area contributed by atoms with Crippen molar-refractivity contribution in [3.63, 3.8) is 0 Å². The van der Waals surface area contributed by atoms with Gasteiger partial charge in [0.05, 0.1) is 0 Å². The molecule has 1 aliphatic rings. The summed E-state index contributed by atoms with van der Waals surface area (Å²) in [5.74, 6) is 0.987. The van der Waals surface area contributed by atoms with Gasteiger partial charge in [-0.25, -0.2) is 9.78 Å². The molecule has 1 fully saturated rings. The van der Waals surface area contributed by atoms with Crippen LogP contribution in [0.25, 0.3) is 11.2 Å². The molecule has 2 unspecified atom stereocenters. The van der Waals surface area contributed by atoms with Crippen LogP contribution in [-0.4, -0.2) is 26.0 Å². The van der Waals surface area contributed by atoms with Crippen LogP contribution in [-0.2, 0) is 0 Å². The van der Waals surface area contributed by atoms with Gasteiger partial charge in [0.15, 0.2) is 5.65 Å². The molecule has 0 aliphatic heterocycles. The van der Waals surface area contributed by atoms with E-state index in [1.807, 2.05) is 0 Å². The maximum Gasteiger partial charge on any atom is 0.327 e. The van der Waals surface area contributed by atoms with Gasteiger partial charge in [-0.15, -0.1) is 0 Å². The Morgan fingerprint density at radius 2 is 2.00 bits per heavy atom. The van der Waals surface area contributed by atoms with Gasteiger partial charge >= 0.3 is 5.69 Å². The molecule has 0 spiro atoms. The predicted molar refractivity (Wildman–Crippen MR) is 61.9 cm³/mol. The van der Waals surface area contributed by atoms with Crippen molar-refractivity contribution in [3.8, 4) is 0 Å². The smallest absolute Gasteiger partial charge is 0.327 e. The minimum atomic E-state index is -0.538. The number of hydrogen-bond donors (Lipinski definition) is 4. The van der Waals surface area contributed by atoms with Crippen LogP contribution < -0.4 is 17.0 Å². The van der Waals surface area contributed by atoms with Crippen molar-refractivity contribution >= 4 is 11.2 Å². The Labute approximate surface area is 95.5 Å². The summed E-state index contributed by atoms with van der Waals surface area (Å²) in [6.45, 7) is 0. The van der Waals surface area contributed by atoms with Crippen LogP contribution in [0.3, 0.4) is 0 Å². The summed E-state index contributed by atoms with van der Waals surface area (Å²) in [6, 6.07) is 0.200. The highest BCUT2D eigenvalue weighted by Gasteiger charge is 2.26. The van der Waals surface area contributed by atoms with Crippen LogP contribution in [0, 0.1) is 0 Å². The summed E-state index contributed by atoms with van der Waals surface area (Å²) in [6.07, 6.45) is 2.79. The van der Waals surface area contributed by atoms with Crippen molar-refractivity contribution in [1.29, 1.82) is 0 Å². The van der Waals surface area contributed by atoms with Crippen molar-refractivity contribution in [2.75, 3.05) is 0 Å². The van der Waals surface area contributed by atoms with Gasteiger partial charge in [-0.1, -0.05) is 0 Å². The topological polar surface area (TPSA) is 120 Å². The van der Waals surface area contributed by atoms with E-state index in [0.29, 0.717) is 11.2 Å². The third-order valence-corrected chi connectivity index (χ3v) is 3.27. The number of rotatable bonds is 1. The molecule has 2 heterocycles. The second-order valence-corrected chi connectivity index (χ2v) is 4.52. The lowest BCUT2D eigenvalue weighted by molar-refractivity contribution is 0.651. The monoisotopic (exact) mass is 235 g/mol. The molecule has 2 atom stereocenters. The SMILES string of the molecule is NC1CCC(c2nc3[nH]c(=O)[nH]c(=O)c3[nH]2)C1. The molecule has 1 aliphatic carbocycles. The Kier molecular flexibility index (Phi) is 2.15. The van der Waals surface area contributed by atoms with E-state index in [1.165, 1.54) is 0 Å². The van der Waals surface area contributed by atoms with Gasteiger partial charge in [-0.2, -0.15) is 0 Å². The van der Waals surface area contributed by atoms with Crippen LogP contribution in [0.5, 0.6) is 0 Å². The highest BCUT2D eigenvalue weighted by Crippen LogP contribution is 2.32. The zero-order chi connectivity index (χ0) is 12.0. The normalized spacial score (nSPS) is 24.5. The number of aromatic nitrogens is 4. The summed E-state index contributed by atoms with van der Waals surface area (Å²) in [4.78, 5) is 34.5. The second-order valence-electron chi connectivity index (χ2n) is 4.52. The van der Waals surface area contributed by atoms with E-state index >= 15 is 0 Å². The number of hydrogen-bond acceptors (Lipinski definition) is 4. The zero-order valence-electron chi connectivity index (χ0n) is 9.12. The van der Waals surface area contributed by atoms with E-state index < -0.39 is 11.2 Å². The largest absolute Gasteiger partial charge is 0.336 e. The summed E-state index contributed by atoms with van der Waals surface area (Å²) in [5.41, 5.74) is 5.50. The van der Waals surface area contributed by atoms with Crippen LogP contribution in [0.1, 0.15) is 31.0 Å². The molecular weight excluding hydrogens is 222 g/mol. The first-order chi connectivity index (χ1) is 8.13. The molecule has 2 aromatic rings. The maximum absolute atomic E-state index is 11.5. The van der Waals surface area contributed by atoms with Crippen molar-refractivity contribution in [3.05, 3.63) is 26.7 Å². The molecule has 90 valence electrons. The number of nitrogens with zero attached hydrogens (tertiary/aromatic N) is 1. The van der Waals surface area contributed by atoms with Gasteiger partial charge < -0.3 is 10.7 Å². The number of H-pyrrole nitrogens is 3. The molecule has 0 saturated heterocycles. The van der Waals surface area contributed by atoms with Gasteiger partial charge in [0.25, 0.3) is 5.56 Å². The Hall–Kier alpha value is -1.89. The fraction of sp³-hybridized carbons (Fsp3) is 0.500. The number of fused-ring (bicyclic) bond motifs is 1. The molecule has 3 rings (SSSR count). The van der Waals surface area contributed by atoms with Gasteiger partial charge in [0.1, 0.15) is 11.3 Å². The fourth-order valence-corrected chi connectivity index (χ4v) is 2.41. The number of nitrogens with one attached hydrogen (secondary N) is 3. The molecule has 7 heteroatoms. The first-order valence-corrected chi connectivity index (χ1v) is 5.61. The van der Waals surface area contributed by atoms with Crippen molar-refractivity contribution in [2.45, 2.75) is 31.2 Å². The molecule has 7 nitrogen and oxygen atoms in total. The Morgan fingerprint density at radius 1 is 1.18 bits per heavy atom. The van der Waals surface area contributed by atoms with E-state index in [4.69, 9.17) is 5.73 Å². The first-order valence-electron chi connectivity index (χ1n) is 5.61. The average molecular weight is 235 g/mol. The lowest BCUT2D eigenvalue weighted by Crippen LogP contribution is -2.21. The highest BCUT2D eigenvalue weighted by molar-refractivity contribution is 5.68. The zero-order valence-corrected chi connectivity index (χ0v) is 9.12. The van der Waals surface area contributed by atoms with Crippen LogP contribution >= 0.6 is 0 Å². The lowest BCUT2D eigenvalue weighted by atomic mass is 10.1. The molecule has 0 radical (unpaired) electrons. The Balaban J connectivity index is 2.11. The third-order valence-electron chi connectivity index (χ3n) is 3.27. The third kappa shape index (κ3) is 1.68. The number of aromatic amines is 3. The summed E-state index contributed by atoms with van der Waals surface area (Å²) in [7, 11) is 0. The number of imidazole rings is 1. The number of nitrogens with two attached hydrogens (primary N) is 1. The standard InChI is InChI=1S/C10H13N5O2/c11-5-2-1-4(3-5)7-12-6-8(13-7)14-10(17)15-9(6)16/h4-5H,1-3,11H2,(H3,12,13,14,15,16,17). The van der Waals surface area contributed by atoms with Crippen LogP contribution in [0.4, 0.5) is 0 Å². The maximum atomic E-state index is 11.5. The van der Waals surface area contributed by atoms with Gasteiger partial charge in [-0.05, 0) is 19.3 Å². The Morgan fingerprint density at radius 3 is 2.71 bits per heavy atom. The van der Waals surface area contributed by atoms with Crippen LogP contribution in [0.15, 0.2) is 9.59 Å². The second kappa shape index (κ2) is 3.56. The molecule has 0 amide bonds. The Bertz CT molecular complexity index is 667. The first kappa shape index (κ1) is 10.3. The lowest BCUT2D eigenvalue weighted by Gasteiger charge is -2.03.